The summed E-state index contributed by atoms with van der Waals surface area (Å²) in [5.74, 6) is -4.27. The summed E-state index contributed by atoms with van der Waals surface area (Å²) >= 11 is 5.55. The normalized spacial score (nSPS) is 13.1. The number of hydrogen-bond acceptors (Lipinski definition) is 4. The Morgan fingerprint density at radius 2 is 1.83 bits per heavy atom. The molecule has 0 aliphatic rings. The number of sulfone groups is 1. The first-order chi connectivity index (χ1) is 11.2. The molecular formula is C15H13ClF3NO3S. The average molecular weight is 380 g/mol. The van der Waals surface area contributed by atoms with Crippen LogP contribution in [0.25, 0.3) is 0 Å². The number of anilines is 1. The van der Waals surface area contributed by atoms with E-state index in [-0.39, 0.29) is 22.8 Å². The standard InChI is InChI=1S/C15H13ClF3NO3S/c16-10-6-5-9(7-11(10)17)13(21)8-20-12-3-1-2-4-14(12)24(22,23)15(18)19/h1-7,13,15,20-21H,8H2. The van der Waals surface area contributed by atoms with Gasteiger partial charge in [-0.3, -0.25) is 0 Å². The topological polar surface area (TPSA) is 66.4 Å². The average Bonchev–Trinajstić information content (AvgIpc) is 2.55. The van der Waals surface area contributed by atoms with Crippen LogP contribution in [0.2, 0.25) is 5.02 Å². The minimum Gasteiger partial charge on any atom is -0.387 e. The van der Waals surface area contributed by atoms with Gasteiger partial charge in [0.25, 0.3) is 0 Å². The molecule has 0 heterocycles. The highest BCUT2D eigenvalue weighted by atomic mass is 35.5. The van der Waals surface area contributed by atoms with Gasteiger partial charge in [-0.2, -0.15) is 8.78 Å². The number of aliphatic hydroxyl groups is 1. The van der Waals surface area contributed by atoms with Crippen molar-refractivity contribution >= 4 is 27.1 Å². The first kappa shape index (κ1) is 18.6. The molecule has 0 amide bonds. The number of hydrogen-bond donors (Lipinski definition) is 2. The summed E-state index contributed by atoms with van der Waals surface area (Å²) in [6.45, 7) is -0.211. The Kier molecular flexibility index (Phi) is 5.74. The Balaban J connectivity index is 2.19. The molecule has 1 atom stereocenters. The molecule has 0 fully saturated rings. The molecule has 130 valence electrons. The molecule has 2 rings (SSSR count). The third-order valence-electron chi connectivity index (χ3n) is 3.24. The maximum absolute atomic E-state index is 13.4. The van der Waals surface area contributed by atoms with Crippen molar-refractivity contribution in [2.75, 3.05) is 11.9 Å². The molecule has 0 aromatic heterocycles. The molecule has 4 nitrogen and oxygen atoms in total. The van der Waals surface area contributed by atoms with Crippen molar-refractivity contribution in [1.82, 2.24) is 0 Å². The number of alkyl halides is 2. The summed E-state index contributed by atoms with van der Waals surface area (Å²) in [6.07, 6.45) is -1.20. The van der Waals surface area contributed by atoms with Gasteiger partial charge in [-0.25, -0.2) is 12.8 Å². The second-order valence-corrected chi connectivity index (χ2v) is 7.17. The van der Waals surface area contributed by atoms with Gasteiger partial charge in [-0.15, -0.1) is 0 Å². The lowest BCUT2D eigenvalue weighted by atomic mass is 10.1. The number of nitrogens with one attached hydrogen (secondary N) is 1. The van der Waals surface area contributed by atoms with Gasteiger partial charge in [0.1, 0.15) is 5.82 Å². The molecule has 2 N–H and O–H groups in total. The largest absolute Gasteiger partial charge is 0.387 e. The van der Waals surface area contributed by atoms with Crippen LogP contribution in [0.3, 0.4) is 0 Å². The Morgan fingerprint density at radius 3 is 2.46 bits per heavy atom. The van der Waals surface area contributed by atoms with Crippen LogP contribution < -0.4 is 5.32 Å². The summed E-state index contributed by atoms with van der Waals surface area (Å²) in [7, 11) is -4.79. The first-order valence-electron chi connectivity index (χ1n) is 6.71. The van der Waals surface area contributed by atoms with Crippen LogP contribution in [-0.4, -0.2) is 25.8 Å². The molecule has 24 heavy (non-hydrogen) atoms. The molecule has 2 aromatic carbocycles. The fraction of sp³-hybridized carbons (Fsp3) is 0.200. The fourth-order valence-corrected chi connectivity index (χ4v) is 3.03. The van der Waals surface area contributed by atoms with Crippen LogP contribution in [0, 0.1) is 5.82 Å². The third-order valence-corrected chi connectivity index (χ3v) is 4.99. The van der Waals surface area contributed by atoms with E-state index < -0.39 is 32.4 Å². The molecular weight excluding hydrogens is 367 g/mol. The van der Waals surface area contributed by atoms with Crippen molar-refractivity contribution in [1.29, 1.82) is 0 Å². The molecule has 0 spiro atoms. The molecule has 1 unspecified atom stereocenters. The Hall–Kier alpha value is -1.77. The molecule has 2 aromatic rings. The highest BCUT2D eigenvalue weighted by molar-refractivity contribution is 7.91. The van der Waals surface area contributed by atoms with E-state index in [1.165, 1.54) is 30.3 Å². The quantitative estimate of drug-likeness (QED) is 0.804. The van der Waals surface area contributed by atoms with E-state index in [1.807, 2.05) is 0 Å². The first-order valence-corrected chi connectivity index (χ1v) is 8.64. The van der Waals surface area contributed by atoms with E-state index in [2.05, 4.69) is 5.32 Å². The molecule has 9 heteroatoms. The summed E-state index contributed by atoms with van der Waals surface area (Å²) < 4.78 is 62.1. The predicted molar refractivity (Wildman–Crippen MR) is 84.5 cm³/mol. The van der Waals surface area contributed by atoms with E-state index in [0.29, 0.717) is 0 Å². The van der Waals surface area contributed by atoms with Gasteiger partial charge < -0.3 is 10.4 Å². The lowest BCUT2D eigenvalue weighted by Crippen LogP contribution is -2.17. The van der Waals surface area contributed by atoms with Crippen molar-refractivity contribution in [3.8, 4) is 0 Å². The van der Waals surface area contributed by atoms with Crippen LogP contribution in [0.15, 0.2) is 47.4 Å². The molecule has 0 aliphatic heterocycles. The zero-order valence-electron chi connectivity index (χ0n) is 12.1. The van der Waals surface area contributed by atoms with Gasteiger partial charge in [0.2, 0.25) is 9.84 Å². The third kappa shape index (κ3) is 4.00. The Morgan fingerprint density at radius 1 is 1.17 bits per heavy atom. The van der Waals surface area contributed by atoms with Crippen LogP contribution in [0.1, 0.15) is 11.7 Å². The van der Waals surface area contributed by atoms with Crippen LogP contribution in [0.5, 0.6) is 0 Å². The maximum Gasteiger partial charge on any atom is 0.341 e. The number of rotatable bonds is 6. The van der Waals surface area contributed by atoms with E-state index in [9.17, 15) is 26.7 Å². The minimum atomic E-state index is -4.79. The second-order valence-electron chi connectivity index (χ2n) is 4.87. The van der Waals surface area contributed by atoms with Gasteiger partial charge in [0.15, 0.2) is 0 Å². The number of para-hydroxylation sites is 1. The van der Waals surface area contributed by atoms with Crippen molar-refractivity contribution < 1.29 is 26.7 Å². The number of halogens is 4. The van der Waals surface area contributed by atoms with E-state index >= 15 is 0 Å². The highest BCUT2D eigenvalue weighted by Crippen LogP contribution is 2.27. The van der Waals surface area contributed by atoms with E-state index in [1.54, 1.807) is 0 Å². The monoisotopic (exact) mass is 379 g/mol. The smallest absolute Gasteiger partial charge is 0.341 e. The fourth-order valence-electron chi connectivity index (χ4n) is 2.00. The summed E-state index contributed by atoms with van der Waals surface area (Å²) in [5, 5.41) is 12.5. The number of benzene rings is 2. The van der Waals surface area contributed by atoms with Crippen LogP contribution in [-0.2, 0) is 9.84 Å². The van der Waals surface area contributed by atoms with Crippen molar-refractivity contribution in [3.63, 3.8) is 0 Å². The minimum absolute atomic E-state index is 0.0775. The summed E-state index contributed by atoms with van der Waals surface area (Å²) in [6, 6.07) is 8.82. The van der Waals surface area contributed by atoms with Crippen molar-refractivity contribution in [2.45, 2.75) is 16.8 Å². The lowest BCUT2D eigenvalue weighted by molar-refractivity contribution is 0.191. The van der Waals surface area contributed by atoms with E-state index in [0.717, 1.165) is 12.1 Å². The molecule has 0 aliphatic carbocycles. The SMILES string of the molecule is O=S(=O)(c1ccccc1NCC(O)c1ccc(Cl)c(F)c1)C(F)F. The zero-order chi connectivity index (χ0) is 17.9. The lowest BCUT2D eigenvalue weighted by Gasteiger charge is -2.16. The molecule has 0 saturated heterocycles. The Labute approximate surface area is 141 Å². The van der Waals surface area contributed by atoms with Gasteiger partial charge in [0, 0.05) is 6.54 Å². The van der Waals surface area contributed by atoms with Crippen LogP contribution in [0.4, 0.5) is 18.9 Å². The van der Waals surface area contributed by atoms with Crippen LogP contribution >= 0.6 is 11.6 Å². The van der Waals surface area contributed by atoms with Gasteiger partial charge in [-0.1, -0.05) is 29.8 Å². The molecule has 0 radical (unpaired) electrons. The predicted octanol–water partition coefficient (Wildman–Crippen LogP) is 3.62. The summed E-state index contributed by atoms with van der Waals surface area (Å²) in [5.41, 5.74) is 0.130. The van der Waals surface area contributed by atoms with Crippen molar-refractivity contribution in [3.05, 3.63) is 58.9 Å². The van der Waals surface area contributed by atoms with Gasteiger partial charge in [-0.05, 0) is 29.8 Å². The number of aliphatic hydroxyl groups excluding tert-OH is 1. The Bertz CT molecular complexity index is 830. The highest BCUT2D eigenvalue weighted by Gasteiger charge is 2.29. The van der Waals surface area contributed by atoms with Crippen molar-refractivity contribution in [2.24, 2.45) is 0 Å². The second kappa shape index (κ2) is 7.42. The maximum atomic E-state index is 13.4. The molecule has 0 saturated carbocycles. The summed E-state index contributed by atoms with van der Waals surface area (Å²) in [4.78, 5) is -0.575. The van der Waals surface area contributed by atoms with E-state index in [4.69, 9.17) is 11.6 Å². The zero-order valence-corrected chi connectivity index (χ0v) is 13.7. The van der Waals surface area contributed by atoms with Gasteiger partial charge in [0.05, 0.1) is 21.7 Å². The molecule has 0 bridgehead atoms. The van der Waals surface area contributed by atoms with Gasteiger partial charge >= 0.3 is 5.76 Å².